The minimum atomic E-state index is -0.243. The summed E-state index contributed by atoms with van der Waals surface area (Å²) in [5.74, 6) is -0.243. The predicted octanol–water partition coefficient (Wildman–Crippen LogP) is 2.70. The van der Waals surface area contributed by atoms with Gasteiger partial charge in [0.25, 0.3) is 0 Å². The van der Waals surface area contributed by atoms with Gasteiger partial charge in [-0.05, 0) is 47.0 Å². The highest BCUT2D eigenvalue weighted by Gasteiger charge is 2.23. The maximum atomic E-state index is 13.3. The average molecular weight is 331 g/mol. The fraction of sp³-hybridized carbons (Fsp3) is 0.571. The number of rotatable bonds is 3. The van der Waals surface area contributed by atoms with Crippen molar-refractivity contribution in [3.63, 3.8) is 0 Å². The van der Waals surface area contributed by atoms with E-state index in [0.717, 1.165) is 31.7 Å². The van der Waals surface area contributed by atoms with Crippen LogP contribution in [0.5, 0.6) is 0 Å². The molecule has 3 nitrogen and oxygen atoms in total. The number of nitrogens with two attached hydrogens (primary N) is 1. The molecule has 0 spiro atoms. The van der Waals surface area contributed by atoms with Gasteiger partial charge in [-0.3, -0.25) is 4.90 Å². The zero-order valence-electron chi connectivity index (χ0n) is 11.1. The van der Waals surface area contributed by atoms with Crippen LogP contribution in [0.3, 0.4) is 0 Å². The molecular weight excluding hydrogens is 311 g/mol. The van der Waals surface area contributed by atoms with Crippen molar-refractivity contribution in [2.24, 2.45) is 5.73 Å². The van der Waals surface area contributed by atoms with Gasteiger partial charge in [-0.1, -0.05) is 6.07 Å². The smallest absolute Gasteiger partial charge is 0.137 e. The minimum Gasteiger partial charge on any atom is -0.377 e. The molecule has 1 aliphatic heterocycles. The maximum absolute atomic E-state index is 13.3. The van der Waals surface area contributed by atoms with Gasteiger partial charge in [0, 0.05) is 32.3 Å². The Labute approximate surface area is 122 Å². The van der Waals surface area contributed by atoms with Gasteiger partial charge in [-0.25, -0.2) is 4.39 Å². The molecule has 1 fully saturated rings. The Hall–Kier alpha value is -0.490. The van der Waals surface area contributed by atoms with E-state index in [1.54, 1.807) is 0 Å². The molecule has 1 saturated heterocycles. The summed E-state index contributed by atoms with van der Waals surface area (Å²) in [7, 11) is 0. The third kappa shape index (κ3) is 3.75. The van der Waals surface area contributed by atoms with E-state index in [-0.39, 0.29) is 18.0 Å². The highest BCUT2D eigenvalue weighted by atomic mass is 79.9. The minimum absolute atomic E-state index is 0.112. The van der Waals surface area contributed by atoms with Crippen molar-refractivity contribution in [2.45, 2.75) is 25.5 Å². The van der Waals surface area contributed by atoms with Crippen LogP contribution in [-0.2, 0) is 4.74 Å². The first-order valence-electron chi connectivity index (χ1n) is 6.62. The molecule has 1 aliphatic rings. The summed E-state index contributed by atoms with van der Waals surface area (Å²) in [5.41, 5.74) is 6.97. The van der Waals surface area contributed by atoms with Crippen LogP contribution < -0.4 is 5.73 Å². The normalized spacial score (nSPS) is 23.1. The molecular formula is C14H20BrFN2O. The highest BCUT2D eigenvalue weighted by molar-refractivity contribution is 9.10. The average Bonchev–Trinajstić information content (AvgIpc) is 2.59. The van der Waals surface area contributed by atoms with E-state index in [0.29, 0.717) is 11.0 Å². The molecule has 0 bridgehead atoms. The Morgan fingerprint density at radius 2 is 2.37 bits per heavy atom. The second kappa shape index (κ2) is 6.79. The van der Waals surface area contributed by atoms with E-state index >= 15 is 0 Å². The lowest BCUT2D eigenvalue weighted by atomic mass is 10.0. The van der Waals surface area contributed by atoms with E-state index in [1.165, 1.54) is 6.07 Å². The molecule has 2 atom stereocenters. The molecule has 0 radical (unpaired) electrons. The monoisotopic (exact) mass is 330 g/mol. The summed E-state index contributed by atoms with van der Waals surface area (Å²) in [4.78, 5) is 2.33. The van der Waals surface area contributed by atoms with Crippen LogP contribution in [0.15, 0.2) is 22.7 Å². The molecule has 0 aliphatic carbocycles. The van der Waals surface area contributed by atoms with Crippen LogP contribution in [0.2, 0.25) is 0 Å². The molecule has 1 heterocycles. The SMILES string of the molecule is CC1CN(C(CN)c2ccc(F)c(Br)c2)CCCO1. The van der Waals surface area contributed by atoms with Crippen LogP contribution in [0, 0.1) is 5.82 Å². The van der Waals surface area contributed by atoms with Crippen molar-refractivity contribution in [1.29, 1.82) is 0 Å². The molecule has 0 amide bonds. The standard InChI is InChI=1S/C14H20BrFN2O/c1-10-9-18(5-2-6-19-10)14(8-17)11-3-4-13(16)12(15)7-11/h3-4,7,10,14H,2,5-6,8-9,17H2,1H3. The number of ether oxygens (including phenoxy) is 1. The fourth-order valence-corrected chi connectivity index (χ4v) is 2.92. The predicted molar refractivity (Wildman–Crippen MR) is 77.5 cm³/mol. The van der Waals surface area contributed by atoms with Gasteiger partial charge < -0.3 is 10.5 Å². The van der Waals surface area contributed by atoms with E-state index in [9.17, 15) is 4.39 Å². The summed E-state index contributed by atoms with van der Waals surface area (Å²) in [6.45, 7) is 5.21. The van der Waals surface area contributed by atoms with Crippen molar-refractivity contribution >= 4 is 15.9 Å². The number of benzene rings is 1. The number of nitrogens with zero attached hydrogens (tertiary/aromatic N) is 1. The molecule has 0 aromatic heterocycles. The zero-order chi connectivity index (χ0) is 13.8. The summed E-state index contributed by atoms with van der Waals surface area (Å²) in [5, 5.41) is 0. The summed E-state index contributed by atoms with van der Waals surface area (Å²) in [6, 6.07) is 5.23. The second-order valence-electron chi connectivity index (χ2n) is 4.95. The lowest BCUT2D eigenvalue weighted by Gasteiger charge is -2.31. The molecule has 2 unspecified atom stereocenters. The lowest BCUT2D eigenvalue weighted by molar-refractivity contribution is 0.0611. The van der Waals surface area contributed by atoms with Crippen LogP contribution >= 0.6 is 15.9 Å². The first kappa shape index (κ1) is 14.9. The highest BCUT2D eigenvalue weighted by Crippen LogP contribution is 2.26. The third-order valence-electron chi connectivity index (χ3n) is 3.48. The molecule has 2 N–H and O–H groups in total. The van der Waals surface area contributed by atoms with Gasteiger partial charge >= 0.3 is 0 Å². The summed E-state index contributed by atoms with van der Waals surface area (Å²) < 4.78 is 19.5. The summed E-state index contributed by atoms with van der Waals surface area (Å²) >= 11 is 3.24. The quantitative estimate of drug-likeness (QED) is 0.926. The Bertz CT molecular complexity index is 430. The number of halogens is 2. The topological polar surface area (TPSA) is 38.5 Å². The Morgan fingerprint density at radius 3 is 3.05 bits per heavy atom. The van der Waals surface area contributed by atoms with Crippen LogP contribution in [0.4, 0.5) is 4.39 Å². The lowest BCUT2D eigenvalue weighted by Crippen LogP contribution is -2.37. The Morgan fingerprint density at radius 1 is 1.58 bits per heavy atom. The Balaban J connectivity index is 2.20. The molecule has 106 valence electrons. The molecule has 2 rings (SSSR count). The first-order valence-corrected chi connectivity index (χ1v) is 7.41. The van der Waals surface area contributed by atoms with Crippen molar-refractivity contribution in [1.82, 2.24) is 4.90 Å². The van der Waals surface area contributed by atoms with E-state index in [1.807, 2.05) is 12.1 Å². The molecule has 1 aromatic rings. The zero-order valence-corrected chi connectivity index (χ0v) is 12.7. The third-order valence-corrected chi connectivity index (χ3v) is 4.08. The molecule has 1 aromatic carbocycles. The van der Waals surface area contributed by atoms with Gasteiger partial charge in [-0.2, -0.15) is 0 Å². The van der Waals surface area contributed by atoms with Crippen molar-refractivity contribution in [3.05, 3.63) is 34.1 Å². The number of hydrogen-bond donors (Lipinski definition) is 1. The van der Waals surface area contributed by atoms with Crippen molar-refractivity contribution < 1.29 is 9.13 Å². The van der Waals surface area contributed by atoms with Crippen LogP contribution in [0.25, 0.3) is 0 Å². The van der Waals surface area contributed by atoms with Crippen LogP contribution in [-0.4, -0.2) is 37.2 Å². The maximum Gasteiger partial charge on any atom is 0.137 e. The molecule has 0 saturated carbocycles. The van der Waals surface area contributed by atoms with Crippen molar-refractivity contribution in [2.75, 3.05) is 26.2 Å². The molecule has 5 heteroatoms. The number of hydrogen-bond acceptors (Lipinski definition) is 3. The molecule has 19 heavy (non-hydrogen) atoms. The summed E-state index contributed by atoms with van der Waals surface area (Å²) in [6.07, 6.45) is 1.21. The fourth-order valence-electron chi connectivity index (χ4n) is 2.53. The van der Waals surface area contributed by atoms with Crippen molar-refractivity contribution in [3.8, 4) is 0 Å². The largest absolute Gasteiger partial charge is 0.377 e. The van der Waals surface area contributed by atoms with Gasteiger partial charge in [0.1, 0.15) is 5.82 Å². The second-order valence-corrected chi connectivity index (χ2v) is 5.81. The van der Waals surface area contributed by atoms with Gasteiger partial charge in [0.15, 0.2) is 0 Å². The van der Waals surface area contributed by atoms with Crippen LogP contribution in [0.1, 0.15) is 24.9 Å². The van der Waals surface area contributed by atoms with Gasteiger partial charge in [0.2, 0.25) is 0 Å². The van der Waals surface area contributed by atoms with Gasteiger partial charge in [-0.15, -0.1) is 0 Å². The Kier molecular flexibility index (Phi) is 5.33. The van der Waals surface area contributed by atoms with E-state index in [2.05, 4.69) is 27.8 Å². The van der Waals surface area contributed by atoms with E-state index in [4.69, 9.17) is 10.5 Å². The van der Waals surface area contributed by atoms with Gasteiger partial charge in [0.05, 0.1) is 10.6 Å². The first-order chi connectivity index (χ1) is 9.11. The van der Waals surface area contributed by atoms with E-state index < -0.39 is 0 Å².